The van der Waals surface area contributed by atoms with Crippen molar-refractivity contribution >= 4 is 74.7 Å². The Bertz CT molecular complexity index is 1040. The lowest BCUT2D eigenvalue weighted by Gasteiger charge is -2.09. The van der Waals surface area contributed by atoms with Crippen molar-refractivity contribution in [2.24, 2.45) is 0 Å². The summed E-state index contributed by atoms with van der Waals surface area (Å²) in [6.07, 6.45) is 0. The van der Waals surface area contributed by atoms with E-state index in [4.69, 9.17) is 39.8 Å². The van der Waals surface area contributed by atoms with E-state index < -0.39 is 11.7 Å². The molecule has 0 saturated carbocycles. The Balaban J connectivity index is 1.69. The summed E-state index contributed by atoms with van der Waals surface area (Å²) in [5.41, 5.74) is 0.760. The first-order valence-corrected chi connectivity index (χ1v) is 9.70. The number of nitrogens with one attached hydrogen (secondary N) is 2. The fourth-order valence-electron chi connectivity index (χ4n) is 2.20. The predicted octanol–water partition coefficient (Wildman–Crippen LogP) is 6.12. The van der Waals surface area contributed by atoms with Crippen LogP contribution in [0.4, 0.5) is 10.1 Å². The normalized spacial score (nSPS) is 10.5. The number of carbonyl (C=O) groups excluding carboxylic acids is 1. The van der Waals surface area contributed by atoms with Gasteiger partial charge in [-0.05, 0) is 83.3 Å². The van der Waals surface area contributed by atoms with Crippen LogP contribution in [0.25, 0.3) is 11.3 Å². The van der Waals surface area contributed by atoms with Crippen LogP contribution >= 0.6 is 58.0 Å². The number of hydrogen-bond donors (Lipinski definition) is 2. The second-order valence-corrected chi connectivity index (χ2v) is 7.82. The lowest BCUT2D eigenvalue weighted by atomic mass is 10.2. The molecule has 0 aliphatic heterocycles. The third-order valence-electron chi connectivity index (χ3n) is 3.43. The van der Waals surface area contributed by atoms with Crippen molar-refractivity contribution in [2.75, 3.05) is 5.32 Å². The minimum absolute atomic E-state index is 0.0308. The van der Waals surface area contributed by atoms with Crippen molar-refractivity contribution in [1.29, 1.82) is 0 Å². The number of anilines is 1. The van der Waals surface area contributed by atoms with Gasteiger partial charge in [0.05, 0.1) is 10.7 Å². The first kappa shape index (κ1) is 20.1. The van der Waals surface area contributed by atoms with Gasteiger partial charge in [-0.3, -0.25) is 10.1 Å². The van der Waals surface area contributed by atoms with E-state index in [0.717, 1.165) is 3.57 Å². The maximum Gasteiger partial charge on any atom is 0.293 e. The zero-order chi connectivity index (χ0) is 19.6. The van der Waals surface area contributed by atoms with Crippen LogP contribution in [0.15, 0.2) is 52.9 Å². The summed E-state index contributed by atoms with van der Waals surface area (Å²) >= 11 is 19.1. The number of benzene rings is 2. The van der Waals surface area contributed by atoms with Crippen LogP contribution < -0.4 is 10.6 Å². The molecule has 3 aromatic rings. The van der Waals surface area contributed by atoms with E-state index >= 15 is 0 Å². The third-order valence-corrected chi connectivity index (χ3v) is 4.86. The molecule has 0 saturated heterocycles. The molecule has 2 N–H and O–H groups in total. The Morgan fingerprint density at radius 2 is 1.89 bits per heavy atom. The topological polar surface area (TPSA) is 54.3 Å². The van der Waals surface area contributed by atoms with Crippen LogP contribution in [0.3, 0.4) is 0 Å². The molecule has 0 aliphatic carbocycles. The number of rotatable bonds is 3. The van der Waals surface area contributed by atoms with Crippen molar-refractivity contribution in [3.05, 3.63) is 73.7 Å². The Hall–Kier alpha value is -1.68. The highest BCUT2D eigenvalue weighted by Crippen LogP contribution is 2.31. The molecule has 0 aliphatic rings. The van der Waals surface area contributed by atoms with Crippen molar-refractivity contribution in [3.8, 4) is 11.3 Å². The highest BCUT2D eigenvalue weighted by atomic mass is 127. The van der Waals surface area contributed by atoms with Crippen molar-refractivity contribution in [1.82, 2.24) is 5.32 Å². The summed E-state index contributed by atoms with van der Waals surface area (Å²) < 4.78 is 20.1. The van der Waals surface area contributed by atoms with Gasteiger partial charge in [0.1, 0.15) is 11.6 Å². The van der Waals surface area contributed by atoms with Crippen molar-refractivity contribution < 1.29 is 13.6 Å². The molecule has 1 heterocycles. The van der Waals surface area contributed by atoms with Gasteiger partial charge >= 0.3 is 0 Å². The van der Waals surface area contributed by atoms with Crippen LogP contribution in [0.5, 0.6) is 0 Å². The first-order chi connectivity index (χ1) is 12.8. The number of furan rings is 1. The van der Waals surface area contributed by atoms with E-state index in [0.29, 0.717) is 21.4 Å². The van der Waals surface area contributed by atoms with Gasteiger partial charge in [-0.2, -0.15) is 0 Å². The van der Waals surface area contributed by atoms with Gasteiger partial charge in [0.2, 0.25) is 0 Å². The SMILES string of the molecule is O=C(NC(=S)Nc1ccc(I)cc1F)c1ccc(-c2ccc(Cl)cc2Cl)o1. The molecule has 27 heavy (non-hydrogen) atoms. The Morgan fingerprint density at radius 3 is 2.59 bits per heavy atom. The fraction of sp³-hybridized carbons (Fsp3) is 0. The molecule has 0 unspecified atom stereocenters. The monoisotopic (exact) mass is 534 g/mol. The van der Waals surface area contributed by atoms with Gasteiger partial charge < -0.3 is 9.73 Å². The van der Waals surface area contributed by atoms with Crippen LogP contribution in [-0.4, -0.2) is 11.0 Å². The Morgan fingerprint density at radius 1 is 1.11 bits per heavy atom. The molecule has 0 radical (unpaired) electrons. The summed E-state index contributed by atoms with van der Waals surface area (Å²) in [5, 5.41) is 5.91. The van der Waals surface area contributed by atoms with Gasteiger partial charge in [0.15, 0.2) is 10.9 Å². The molecule has 138 valence electrons. The molecule has 0 spiro atoms. The van der Waals surface area contributed by atoms with Gasteiger partial charge in [-0.25, -0.2) is 4.39 Å². The molecule has 1 aromatic heterocycles. The van der Waals surface area contributed by atoms with E-state index in [1.807, 2.05) is 22.6 Å². The molecule has 1 amide bonds. The third kappa shape index (κ3) is 4.98. The van der Waals surface area contributed by atoms with E-state index in [9.17, 15) is 9.18 Å². The molecule has 0 bridgehead atoms. The highest BCUT2D eigenvalue weighted by molar-refractivity contribution is 14.1. The minimum atomic E-state index is -0.574. The molecular weight excluding hydrogens is 525 g/mol. The standard InChI is InChI=1S/C18H10Cl2FIN2O2S/c19-9-1-3-11(12(20)7-9)15-5-6-16(26-15)17(25)24-18(27)23-14-4-2-10(22)8-13(14)21/h1-8H,(H2,23,24,25,27). The Kier molecular flexibility index (Phi) is 6.36. The molecule has 2 aromatic carbocycles. The summed E-state index contributed by atoms with van der Waals surface area (Å²) in [4.78, 5) is 12.3. The summed E-state index contributed by atoms with van der Waals surface area (Å²) in [6.45, 7) is 0. The van der Waals surface area contributed by atoms with E-state index in [1.165, 1.54) is 18.2 Å². The lowest BCUT2D eigenvalue weighted by Crippen LogP contribution is -2.34. The van der Waals surface area contributed by atoms with E-state index in [2.05, 4.69) is 10.6 Å². The zero-order valence-corrected chi connectivity index (χ0v) is 17.8. The fourth-order valence-corrected chi connectivity index (χ4v) is 3.36. The highest BCUT2D eigenvalue weighted by Gasteiger charge is 2.16. The van der Waals surface area contributed by atoms with Gasteiger partial charge in [0.25, 0.3) is 5.91 Å². The van der Waals surface area contributed by atoms with Crippen LogP contribution in [-0.2, 0) is 0 Å². The summed E-state index contributed by atoms with van der Waals surface area (Å²) in [6, 6.07) is 12.6. The Labute approximate surface area is 183 Å². The van der Waals surface area contributed by atoms with E-state index in [1.54, 1.807) is 30.3 Å². The number of amides is 1. The predicted molar refractivity (Wildman–Crippen MR) is 117 cm³/mol. The van der Waals surface area contributed by atoms with E-state index in [-0.39, 0.29) is 16.6 Å². The molecule has 0 fully saturated rings. The maximum absolute atomic E-state index is 13.8. The first-order valence-electron chi connectivity index (χ1n) is 7.46. The lowest BCUT2D eigenvalue weighted by molar-refractivity contribution is 0.0951. The second kappa shape index (κ2) is 8.55. The smallest absolute Gasteiger partial charge is 0.293 e. The van der Waals surface area contributed by atoms with Gasteiger partial charge in [-0.1, -0.05) is 23.2 Å². The minimum Gasteiger partial charge on any atom is -0.451 e. The van der Waals surface area contributed by atoms with Crippen LogP contribution in [0, 0.1) is 9.39 Å². The number of halogens is 4. The number of hydrogen-bond acceptors (Lipinski definition) is 3. The van der Waals surface area contributed by atoms with Crippen molar-refractivity contribution in [2.45, 2.75) is 0 Å². The second-order valence-electron chi connectivity index (χ2n) is 5.32. The molecular formula is C18H10Cl2FIN2O2S. The number of carbonyl (C=O) groups is 1. The molecule has 9 heteroatoms. The van der Waals surface area contributed by atoms with Crippen LogP contribution in [0.1, 0.15) is 10.6 Å². The molecule has 4 nitrogen and oxygen atoms in total. The summed E-state index contributed by atoms with van der Waals surface area (Å²) in [5.74, 6) is -0.612. The molecule has 3 rings (SSSR count). The van der Waals surface area contributed by atoms with Gasteiger partial charge in [0, 0.05) is 14.2 Å². The number of thiocarbonyl (C=S) groups is 1. The summed E-state index contributed by atoms with van der Waals surface area (Å²) in [7, 11) is 0. The largest absolute Gasteiger partial charge is 0.451 e. The average Bonchev–Trinajstić information content (AvgIpc) is 3.07. The van der Waals surface area contributed by atoms with Crippen molar-refractivity contribution in [3.63, 3.8) is 0 Å². The van der Waals surface area contributed by atoms with Gasteiger partial charge in [-0.15, -0.1) is 0 Å². The zero-order valence-electron chi connectivity index (χ0n) is 13.4. The quantitative estimate of drug-likeness (QED) is 0.314. The maximum atomic E-state index is 13.8. The molecule has 0 atom stereocenters. The average molecular weight is 535 g/mol. The van der Waals surface area contributed by atoms with Crippen LogP contribution in [0.2, 0.25) is 10.0 Å².